The molecule has 4 heterocycles. The molecule has 4 aromatic heterocycles. The molecule has 0 aliphatic rings. The van der Waals surface area contributed by atoms with Gasteiger partial charge >= 0.3 is 0 Å². The van der Waals surface area contributed by atoms with E-state index >= 15 is 0 Å². The summed E-state index contributed by atoms with van der Waals surface area (Å²) in [6, 6.07) is 11.7. The van der Waals surface area contributed by atoms with Gasteiger partial charge in [0.25, 0.3) is 0 Å². The van der Waals surface area contributed by atoms with Gasteiger partial charge in [0.2, 0.25) is 0 Å². The summed E-state index contributed by atoms with van der Waals surface area (Å²) in [5.41, 5.74) is 11.3. The molecule has 0 bridgehead atoms. The Labute approximate surface area is 157 Å². The molecule has 2 N–H and O–H groups in total. The maximum absolute atomic E-state index is 6.37. The first kappa shape index (κ1) is 16.8. The van der Waals surface area contributed by atoms with Crippen molar-refractivity contribution < 1.29 is 0 Å². The molecule has 0 aromatic carbocycles. The highest BCUT2D eigenvalue weighted by molar-refractivity contribution is 5.76. The molecule has 4 rings (SSSR count). The van der Waals surface area contributed by atoms with Gasteiger partial charge in [-0.15, -0.1) is 0 Å². The zero-order valence-electron chi connectivity index (χ0n) is 14.7. The molecule has 132 valence electrons. The van der Waals surface area contributed by atoms with E-state index < -0.39 is 0 Å². The average Bonchev–Trinajstić information content (AvgIpc) is 2.70. The van der Waals surface area contributed by atoms with E-state index in [4.69, 9.17) is 10.7 Å². The third kappa shape index (κ3) is 3.95. The number of nitrogens with zero attached hydrogens (tertiary/aromatic N) is 5. The summed E-state index contributed by atoms with van der Waals surface area (Å²) in [6.45, 7) is 0. The summed E-state index contributed by atoms with van der Waals surface area (Å²) in [6.07, 6.45) is 11.8. The standard InChI is InChI=1S/C21H18N6/c22-21-20(17-5-11-25-12-6-17)18(13-15-1-7-23-8-2-15)26-19(27-21)14-16-3-9-24-10-4-16/h1-12H,13-14H2,(H2,22,26,27). The molecule has 0 atom stereocenters. The highest BCUT2D eigenvalue weighted by Crippen LogP contribution is 2.29. The van der Waals surface area contributed by atoms with Crippen LogP contribution in [0.4, 0.5) is 5.82 Å². The summed E-state index contributed by atoms with van der Waals surface area (Å²) in [4.78, 5) is 21.6. The third-order valence-electron chi connectivity index (χ3n) is 4.26. The summed E-state index contributed by atoms with van der Waals surface area (Å²) in [5.74, 6) is 1.17. The molecule has 6 nitrogen and oxygen atoms in total. The second-order valence-corrected chi connectivity index (χ2v) is 6.15. The molecule has 0 saturated carbocycles. The molecule has 4 aromatic rings. The average molecular weight is 354 g/mol. The molecule has 0 radical (unpaired) electrons. The first-order valence-electron chi connectivity index (χ1n) is 8.63. The van der Waals surface area contributed by atoms with Crippen LogP contribution in [0.15, 0.2) is 73.6 Å². The van der Waals surface area contributed by atoms with Crippen molar-refractivity contribution in [3.05, 3.63) is 96.2 Å². The van der Waals surface area contributed by atoms with Crippen LogP contribution in [-0.2, 0) is 12.8 Å². The van der Waals surface area contributed by atoms with Crippen molar-refractivity contribution in [2.75, 3.05) is 5.73 Å². The van der Waals surface area contributed by atoms with E-state index in [1.807, 2.05) is 36.4 Å². The minimum absolute atomic E-state index is 0.476. The Bertz CT molecular complexity index is 1020. The van der Waals surface area contributed by atoms with Gasteiger partial charge in [0.1, 0.15) is 11.6 Å². The number of rotatable bonds is 5. The Kier molecular flexibility index (Phi) is 4.78. The minimum atomic E-state index is 0.476. The lowest BCUT2D eigenvalue weighted by Gasteiger charge is -2.13. The normalized spacial score (nSPS) is 10.7. The van der Waals surface area contributed by atoms with Gasteiger partial charge in [-0.1, -0.05) is 0 Å². The number of pyridine rings is 3. The SMILES string of the molecule is Nc1nc(Cc2ccncc2)nc(Cc2ccncc2)c1-c1ccncc1. The second kappa shape index (κ2) is 7.70. The molecule has 0 amide bonds. The smallest absolute Gasteiger partial charge is 0.135 e. The van der Waals surface area contributed by atoms with E-state index in [2.05, 4.69) is 19.9 Å². The van der Waals surface area contributed by atoms with Gasteiger partial charge in [0.05, 0.1) is 5.69 Å². The maximum Gasteiger partial charge on any atom is 0.135 e. The first-order valence-corrected chi connectivity index (χ1v) is 8.63. The highest BCUT2D eigenvalue weighted by Gasteiger charge is 2.15. The van der Waals surface area contributed by atoms with Crippen molar-refractivity contribution in [2.24, 2.45) is 0 Å². The largest absolute Gasteiger partial charge is 0.383 e. The van der Waals surface area contributed by atoms with E-state index in [0.717, 1.165) is 27.9 Å². The highest BCUT2D eigenvalue weighted by atomic mass is 15.0. The van der Waals surface area contributed by atoms with Crippen molar-refractivity contribution in [2.45, 2.75) is 12.8 Å². The topological polar surface area (TPSA) is 90.5 Å². The molecule has 0 saturated heterocycles. The van der Waals surface area contributed by atoms with E-state index in [1.54, 1.807) is 37.2 Å². The summed E-state index contributed by atoms with van der Waals surface area (Å²) < 4.78 is 0. The van der Waals surface area contributed by atoms with Crippen LogP contribution in [0, 0.1) is 0 Å². The first-order chi connectivity index (χ1) is 13.3. The minimum Gasteiger partial charge on any atom is -0.383 e. The molecule has 0 spiro atoms. The number of anilines is 1. The van der Waals surface area contributed by atoms with Crippen LogP contribution in [0.25, 0.3) is 11.1 Å². The number of nitrogen functional groups attached to an aromatic ring is 1. The number of hydrogen-bond acceptors (Lipinski definition) is 6. The van der Waals surface area contributed by atoms with Crippen LogP contribution in [-0.4, -0.2) is 24.9 Å². The van der Waals surface area contributed by atoms with E-state index in [1.165, 1.54) is 0 Å². The summed E-state index contributed by atoms with van der Waals surface area (Å²) in [5, 5.41) is 0. The number of hydrogen-bond donors (Lipinski definition) is 1. The Hall–Kier alpha value is -3.67. The van der Waals surface area contributed by atoms with Gasteiger partial charge < -0.3 is 5.73 Å². The fourth-order valence-electron chi connectivity index (χ4n) is 3.00. The fourth-order valence-corrected chi connectivity index (χ4v) is 3.00. The predicted octanol–water partition coefficient (Wildman–Crippen LogP) is 3.09. The Morgan fingerprint density at radius 2 is 1.15 bits per heavy atom. The van der Waals surface area contributed by atoms with E-state index in [0.29, 0.717) is 24.5 Å². The molecule has 27 heavy (non-hydrogen) atoms. The van der Waals surface area contributed by atoms with Crippen molar-refractivity contribution in [3.63, 3.8) is 0 Å². The third-order valence-corrected chi connectivity index (χ3v) is 4.26. The maximum atomic E-state index is 6.37. The fraction of sp³-hybridized carbons (Fsp3) is 0.0952. The lowest BCUT2D eigenvalue weighted by Crippen LogP contribution is -2.08. The lowest BCUT2D eigenvalue weighted by molar-refractivity contribution is 0.923. The van der Waals surface area contributed by atoms with Gasteiger partial charge in [0, 0.05) is 55.6 Å². The molecular formula is C21H18N6. The second-order valence-electron chi connectivity index (χ2n) is 6.15. The molecule has 0 aliphatic carbocycles. The number of nitrogens with two attached hydrogens (primary N) is 1. The van der Waals surface area contributed by atoms with E-state index in [9.17, 15) is 0 Å². The van der Waals surface area contributed by atoms with Crippen LogP contribution >= 0.6 is 0 Å². The Morgan fingerprint density at radius 1 is 0.630 bits per heavy atom. The zero-order chi connectivity index (χ0) is 18.5. The Balaban J connectivity index is 1.78. The van der Waals surface area contributed by atoms with Crippen LogP contribution in [0.3, 0.4) is 0 Å². The molecule has 0 fully saturated rings. The molecule has 0 aliphatic heterocycles. The molecule has 0 unspecified atom stereocenters. The molecule has 6 heteroatoms. The van der Waals surface area contributed by atoms with E-state index in [-0.39, 0.29) is 0 Å². The van der Waals surface area contributed by atoms with Crippen LogP contribution in [0.5, 0.6) is 0 Å². The monoisotopic (exact) mass is 354 g/mol. The summed E-state index contributed by atoms with van der Waals surface area (Å²) >= 11 is 0. The quantitative estimate of drug-likeness (QED) is 0.592. The Morgan fingerprint density at radius 3 is 1.74 bits per heavy atom. The van der Waals surface area contributed by atoms with Crippen LogP contribution in [0.1, 0.15) is 22.6 Å². The van der Waals surface area contributed by atoms with Crippen molar-refractivity contribution in [1.29, 1.82) is 0 Å². The predicted molar refractivity (Wildman–Crippen MR) is 104 cm³/mol. The summed E-state index contributed by atoms with van der Waals surface area (Å²) in [7, 11) is 0. The van der Waals surface area contributed by atoms with Crippen molar-refractivity contribution >= 4 is 5.82 Å². The molecular weight excluding hydrogens is 336 g/mol. The zero-order valence-corrected chi connectivity index (χ0v) is 14.7. The van der Waals surface area contributed by atoms with Crippen molar-refractivity contribution in [1.82, 2.24) is 24.9 Å². The van der Waals surface area contributed by atoms with Crippen molar-refractivity contribution in [3.8, 4) is 11.1 Å². The van der Waals surface area contributed by atoms with Crippen LogP contribution < -0.4 is 5.73 Å². The van der Waals surface area contributed by atoms with Gasteiger partial charge in [0.15, 0.2) is 0 Å². The lowest BCUT2D eigenvalue weighted by atomic mass is 10.0. The van der Waals surface area contributed by atoms with Gasteiger partial charge in [-0.3, -0.25) is 15.0 Å². The van der Waals surface area contributed by atoms with Gasteiger partial charge in [-0.05, 0) is 53.1 Å². The number of aromatic nitrogens is 5. The van der Waals surface area contributed by atoms with Gasteiger partial charge in [-0.25, -0.2) is 9.97 Å². The van der Waals surface area contributed by atoms with Gasteiger partial charge in [-0.2, -0.15) is 0 Å². The van der Waals surface area contributed by atoms with Crippen LogP contribution in [0.2, 0.25) is 0 Å².